The first-order chi connectivity index (χ1) is 14.8. The number of halogens is 1. The molecule has 2 atom stereocenters. The van der Waals surface area contributed by atoms with Gasteiger partial charge in [0, 0.05) is 30.4 Å². The number of aromatic nitrogens is 2. The molecule has 0 aliphatic carbocycles. The van der Waals surface area contributed by atoms with Crippen molar-refractivity contribution in [3.8, 4) is 16.9 Å². The highest BCUT2D eigenvalue weighted by atomic mass is 19.1. The van der Waals surface area contributed by atoms with E-state index in [1.54, 1.807) is 12.1 Å². The van der Waals surface area contributed by atoms with Crippen LogP contribution in [0.15, 0.2) is 60.8 Å². The number of rotatable bonds is 4. The van der Waals surface area contributed by atoms with Gasteiger partial charge in [0.05, 0.1) is 18.0 Å². The van der Waals surface area contributed by atoms with E-state index >= 15 is 0 Å². The van der Waals surface area contributed by atoms with Crippen LogP contribution in [0.4, 0.5) is 4.39 Å². The number of nitrogens with zero attached hydrogens (tertiary/aromatic N) is 3. The van der Waals surface area contributed by atoms with Gasteiger partial charge < -0.3 is 9.47 Å². The molecule has 31 heavy (non-hydrogen) atoms. The van der Waals surface area contributed by atoms with E-state index in [2.05, 4.69) is 39.0 Å². The highest BCUT2D eigenvalue weighted by Gasteiger charge is 2.58. The Balaban J connectivity index is 0.000000289. The van der Waals surface area contributed by atoms with Crippen LogP contribution in [0.3, 0.4) is 0 Å². The van der Waals surface area contributed by atoms with Crippen molar-refractivity contribution in [2.45, 2.75) is 32.1 Å². The van der Waals surface area contributed by atoms with Gasteiger partial charge >= 0.3 is 0 Å². The molecule has 2 aliphatic heterocycles. The van der Waals surface area contributed by atoms with E-state index in [1.165, 1.54) is 17.7 Å². The zero-order chi connectivity index (χ0) is 22.1. The number of morpholine rings is 1. The highest BCUT2D eigenvalue weighted by Crippen LogP contribution is 2.47. The first-order valence-electron chi connectivity index (χ1n) is 10.2. The summed E-state index contributed by atoms with van der Waals surface area (Å²) in [6.45, 7) is 8.73. The van der Waals surface area contributed by atoms with Crippen LogP contribution < -0.4 is 0 Å². The first kappa shape index (κ1) is 21.2. The Morgan fingerprint density at radius 2 is 1.81 bits per heavy atom. The molecule has 0 saturated carbocycles. The van der Waals surface area contributed by atoms with Crippen LogP contribution in [-0.2, 0) is 20.0 Å². The maximum atomic E-state index is 13.0. The largest absolute Gasteiger partial charge is 0.462 e. The maximum Gasteiger partial charge on any atom is 0.293 e. The van der Waals surface area contributed by atoms with Gasteiger partial charge in [0.15, 0.2) is 5.72 Å². The van der Waals surface area contributed by atoms with E-state index in [0.717, 1.165) is 36.6 Å². The van der Waals surface area contributed by atoms with E-state index in [9.17, 15) is 9.18 Å². The van der Waals surface area contributed by atoms with Gasteiger partial charge in [-0.3, -0.25) is 9.69 Å². The van der Waals surface area contributed by atoms with Crippen LogP contribution in [0.5, 0.6) is 0 Å². The van der Waals surface area contributed by atoms with E-state index < -0.39 is 0 Å². The Morgan fingerprint density at radius 3 is 2.32 bits per heavy atom. The molecule has 2 aliphatic rings. The summed E-state index contributed by atoms with van der Waals surface area (Å²) >= 11 is 0. The van der Waals surface area contributed by atoms with Crippen molar-refractivity contribution in [2.24, 2.45) is 0 Å². The van der Waals surface area contributed by atoms with Crippen molar-refractivity contribution in [3.05, 3.63) is 72.2 Å². The van der Waals surface area contributed by atoms with Crippen LogP contribution in [0.25, 0.3) is 16.9 Å². The molecule has 3 aromatic rings. The fourth-order valence-corrected chi connectivity index (χ4v) is 3.56. The highest BCUT2D eigenvalue weighted by molar-refractivity contribution is 5.58. The van der Waals surface area contributed by atoms with Crippen LogP contribution in [0, 0.1) is 5.82 Å². The minimum atomic E-state index is -0.318. The summed E-state index contributed by atoms with van der Waals surface area (Å²) in [4.78, 5) is 11.9. The Kier molecular flexibility index (Phi) is 5.64. The first-order valence-corrected chi connectivity index (χ1v) is 10.2. The summed E-state index contributed by atoms with van der Waals surface area (Å²) < 4.78 is 25.3. The molecule has 2 saturated heterocycles. The molecule has 0 bridgehead atoms. The molecule has 2 aromatic carbocycles. The van der Waals surface area contributed by atoms with Gasteiger partial charge in [-0.1, -0.05) is 12.1 Å². The fraction of sp³-hybridized carbons (Fsp3) is 0.333. The molecule has 0 spiro atoms. The number of carbonyl (C=O) groups is 1. The van der Waals surface area contributed by atoms with Crippen LogP contribution in [0.2, 0.25) is 0 Å². The Hall–Kier alpha value is -3.03. The van der Waals surface area contributed by atoms with Crippen LogP contribution >= 0.6 is 0 Å². The quantitative estimate of drug-likeness (QED) is 0.466. The smallest absolute Gasteiger partial charge is 0.293 e. The van der Waals surface area contributed by atoms with E-state index in [0.29, 0.717) is 6.47 Å². The van der Waals surface area contributed by atoms with Gasteiger partial charge in [0.25, 0.3) is 6.47 Å². The zero-order valence-electron chi connectivity index (χ0n) is 17.9. The number of hydrogen-bond donors (Lipinski definition) is 0. The molecule has 5 rings (SSSR count). The normalized spacial score (nSPS) is 21.6. The van der Waals surface area contributed by atoms with Gasteiger partial charge in [-0.2, -0.15) is 5.10 Å². The second kappa shape index (κ2) is 8.24. The molecular formula is C24H26FN3O3. The van der Waals surface area contributed by atoms with Crippen molar-refractivity contribution in [2.75, 3.05) is 19.7 Å². The lowest BCUT2D eigenvalue weighted by atomic mass is 10.1. The fourth-order valence-electron chi connectivity index (χ4n) is 3.56. The van der Waals surface area contributed by atoms with Crippen molar-refractivity contribution in [3.63, 3.8) is 0 Å². The molecule has 2 unspecified atom stereocenters. The second-order valence-electron chi connectivity index (χ2n) is 8.58. The Bertz CT molecular complexity index is 1040. The van der Waals surface area contributed by atoms with E-state index in [4.69, 9.17) is 4.74 Å². The number of carbonyl (C=O) groups excluding carboxylic acids is 1. The molecule has 3 heterocycles. The summed E-state index contributed by atoms with van der Waals surface area (Å²) in [5, 5.41) is 4.59. The predicted octanol–water partition coefficient (Wildman–Crippen LogP) is 4.13. The van der Waals surface area contributed by atoms with Gasteiger partial charge in [-0.05, 0) is 63.2 Å². The lowest BCUT2D eigenvalue weighted by Crippen LogP contribution is -2.17. The third-order valence-corrected chi connectivity index (χ3v) is 5.23. The Labute approximate surface area is 181 Å². The minimum Gasteiger partial charge on any atom is -0.462 e. The van der Waals surface area contributed by atoms with E-state index in [-0.39, 0.29) is 17.1 Å². The van der Waals surface area contributed by atoms with Crippen molar-refractivity contribution >= 4 is 6.47 Å². The average Bonchev–Trinajstić information content (AvgIpc) is 3.07. The number of ether oxygens (including phenoxy) is 2. The van der Waals surface area contributed by atoms with Gasteiger partial charge in [0.2, 0.25) is 0 Å². The predicted molar refractivity (Wildman–Crippen MR) is 115 cm³/mol. The minimum absolute atomic E-state index is 0.165. The van der Waals surface area contributed by atoms with Gasteiger partial charge in [-0.25, -0.2) is 9.07 Å². The number of hydrogen-bond acceptors (Lipinski definition) is 5. The van der Waals surface area contributed by atoms with Crippen LogP contribution in [0.1, 0.15) is 26.3 Å². The second-order valence-corrected chi connectivity index (χ2v) is 8.58. The van der Waals surface area contributed by atoms with Crippen LogP contribution in [-0.4, -0.2) is 46.5 Å². The number of benzene rings is 2. The maximum absolute atomic E-state index is 13.0. The molecule has 0 N–H and O–H groups in total. The third-order valence-electron chi connectivity index (χ3n) is 5.23. The SMILES string of the molecule is CC(C)(C)OC=O.Fc1ccc(-c2ccn(-c3ccc(C45CN4CCO5)cc3)n2)cc1. The summed E-state index contributed by atoms with van der Waals surface area (Å²) in [7, 11) is 0. The summed E-state index contributed by atoms with van der Waals surface area (Å²) in [6.07, 6.45) is 1.92. The lowest BCUT2D eigenvalue weighted by Gasteiger charge is -2.14. The third kappa shape index (κ3) is 4.68. The number of fused-ring (bicyclic) bond motifs is 1. The topological polar surface area (TPSA) is 56.4 Å². The molecular weight excluding hydrogens is 397 g/mol. The van der Waals surface area contributed by atoms with Crippen molar-refractivity contribution in [1.82, 2.24) is 14.7 Å². The molecule has 7 heteroatoms. The zero-order valence-corrected chi connectivity index (χ0v) is 17.9. The molecule has 0 radical (unpaired) electrons. The van der Waals surface area contributed by atoms with Crippen molar-refractivity contribution in [1.29, 1.82) is 0 Å². The van der Waals surface area contributed by atoms with Gasteiger partial charge in [0.1, 0.15) is 11.4 Å². The molecule has 2 fully saturated rings. The molecule has 162 valence electrons. The lowest BCUT2D eigenvalue weighted by molar-refractivity contribution is -0.138. The monoisotopic (exact) mass is 423 g/mol. The summed E-state index contributed by atoms with van der Waals surface area (Å²) in [5.74, 6) is -0.239. The summed E-state index contributed by atoms with van der Waals surface area (Å²) in [6, 6.07) is 16.7. The molecule has 1 aromatic heterocycles. The summed E-state index contributed by atoms with van der Waals surface area (Å²) in [5.41, 5.74) is 3.44. The Morgan fingerprint density at radius 1 is 1.10 bits per heavy atom. The molecule has 6 nitrogen and oxygen atoms in total. The van der Waals surface area contributed by atoms with Crippen molar-refractivity contribution < 1.29 is 18.7 Å². The average molecular weight is 423 g/mol. The van der Waals surface area contributed by atoms with Gasteiger partial charge in [-0.15, -0.1) is 0 Å². The van der Waals surface area contributed by atoms with E-state index in [1.807, 2.05) is 37.7 Å². The standard InChI is InChI=1S/C19H16FN3O.C5H10O2/c20-16-5-1-14(2-6-16)18-9-10-23(21-18)17-7-3-15(4-8-17)19-13-22(19)11-12-24-19;1-5(2,3)7-4-6/h1-10H,11-13H2;4H,1-3H3. The molecule has 0 amide bonds.